The zero-order valence-electron chi connectivity index (χ0n) is 16.4. The van der Waals surface area contributed by atoms with Crippen molar-refractivity contribution in [3.63, 3.8) is 0 Å². The van der Waals surface area contributed by atoms with E-state index in [0.29, 0.717) is 29.2 Å². The van der Waals surface area contributed by atoms with E-state index in [2.05, 4.69) is 10.6 Å². The van der Waals surface area contributed by atoms with Gasteiger partial charge >= 0.3 is 0 Å². The number of amides is 2. The van der Waals surface area contributed by atoms with Crippen LogP contribution in [0.2, 0.25) is 0 Å². The summed E-state index contributed by atoms with van der Waals surface area (Å²) in [4.78, 5) is 24.9. The molecule has 0 radical (unpaired) electrons. The van der Waals surface area contributed by atoms with Crippen molar-refractivity contribution in [1.82, 2.24) is 5.32 Å². The second-order valence-electron chi connectivity index (χ2n) is 7.22. The average molecular weight is 380 g/mol. The van der Waals surface area contributed by atoms with Crippen LogP contribution in [0.25, 0.3) is 0 Å². The topological polar surface area (TPSA) is 67.4 Å². The number of hydrogen-bond donors (Lipinski definition) is 2. The van der Waals surface area contributed by atoms with Gasteiger partial charge < -0.3 is 15.4 Å². The van der Waals surface area contributed by atoms with Crippen molar-refractivity contribution in [2.24, 2.45) is 0 Å². The highest BCUT2D eigenvalue weighted by molar-refractivity contribution is 6.04. The maximum Gasteiger partial charge on any atom is 0.255 e. The molecule has 1 fully saturated rings. The molecule has 2 aromatic rings. The maximum atomic E-state index is 12.5. The lowest BCUT2D eigenvalue weighted by atomic mass is 9.95. The number of nitrogens with one attached hydrogen (secondary N) is 2. The molecule has 148 valence electrons. The summed E-state index contributed by atoms with van der Waals surface area (Å²) in [6, 6.07) is 14.4. The van der Waals surface area contributed by atoms with Crippen LogP contribution in [0.5, 0.6) is 5.75 Å². The minimum absolute atomic E-state index is 0.0504. The van der Waals surface area contributed by atoms with Gasteiger partial charge in [-0.2, -0.15) is 0 Å². The molecule has 0 atom stereocenters. The van der Waals surface area contributed by atoms with Gasteiger partial charge in [-0.05, 0) is 61.7 Å². The first kappa shape index (κ1) is 19.9. The fraction of sp³-hybridized carbons (Fsp3) is 0.391. The van der Waals surface area contributed by atoms with Gasteiger partial charge in [0.15, 0.2) is 0 Å². The maximum absolute atomic E-state index is 12.5. The normalized spacial score (nSPS) is 14.3. The molecule has 0 aromatic heterocycles. The lowest BCUT2D eigenvalue weighted by molar-refractivity contribution is 0.0927. The number of anilines is 1. The van der Waals surface area contributed by atoms with Gasteiger partial charge in [0.05, 0.1) is 6.61 Å². The third kappa shape index (κ3) is 5.59. The zero-order valence-corrected chi connectivity index (χ0v) is 16.4. The van der Waals surface area contributed by atoms with E-state index in [1.54, 1.807) is 42.5 Å². The Balaban J connectivity index is 1.57. The summed E-state index contributed by atoms with van der Waals surface area (Å²) < 4.78 is 5.58. The second kappa shape index (κ2) is 9.93. The molecule has 28 heavy (non-hydrogen) atoms. The van der Waals surface area contributed by atoms with Crippen molar-refractivity contribution in [2.75, 3.05) is 11.9 Å². The Bertz CT molecular complexity index is 796. The highest BCUT2D eigenvalue weighted by Crippen LogP contribution is 2.19. The van der Waals surface area contributed by atoms with Crippen LogP contribution in [0.15, 0.2) is 48.5 Å². The molecule has 2 N–H and O–H groups in total. The van der Waals surface area contributed by atoms with E-state index in [4.69, 9.17) is 4.74 Å². The second-order valence-corrected chi connectivity index (χ2v) is 7.22. The molecule has 0 saturated heterocycles. The summed E-state index contributed by atoms with van der Waals surface area (Å²) in [5, 5.41) is 5.97. The van der Waals surface area contributed by atoms with Gasteiger partial charge in [-0.1, -0.05) is 32.3 Å². The Labute approximate surface area is 166 Å². The summed E-state index contributed by atoms with van der Waals surface area (Å²) in [7, 11) is 0. The molecule has 0 unspecified atom stereocenters. The van der Waals surface area contributed by atoms with Crippen molar-refractivity contribution in [2.45, 2.75) is 51.5 Å². The van der Waals surface area contributed by atoms with Gasteiger partial charge in [-0.3, -0.25) is 9.59 Å². The molecule has 5 nitrogen and oxygen atoms in total. The zero-order chi connectivity index (χ0) is 19.8. The van der Waals surface area contributed by atoms with Crippen LogP contribution in [0.4, 0.5) is 5.69 Å². The van der Waals surface area contributed by atoms with Crippen LogP contribution < -0.4 is 15.4 Å². The predicted octanol–water partition coefficient (Wildman–Crippen LogP) is 4.79. The van der Waals surface area contributed by atoms with Gasteiger partial charge in [0.1, 0.15) is 5.75 Å². The van der Waals surface area contributed by atoms with Crippen molar-refractivity contribution in [3.8, 4) is 5.75 Å². The van der Waals surface area contributed by atoms with E-state index in [0.717, 1.165) is 19.3 Å². The molecule has 0 aliphatic heterocycles. The van der Waals surface area contributed by atoms with Gasteiger partial charge in [0.2, 0.25) is 0 Å². The van der Waals surface area contributed by atoms with Crippen LogP contribution >= 0.6 is 0 Å². The lowest BCUT2D eigenvalue weighted by Gasteiger charge is -2.22. The quantitative estimate of drug-likeness (QED) is 0.726. The predicted molar refractivity (Wildman–Crippen MR) is 111 cm³/mol. The fourth-order valence-corrected chi connectivity index (χ4v) is 3.37. The van der Waals surface area contributed by atoms with E-state index in [1.807, 2.05) is 13.0 Å². The summed E-state index contributed by atoms with van der Waals surface area (Å²) in [6.07, 6.45) is 6.65. The van der Waals surface area contributed by atoms with Crippen LogP contribution in [-0.2, 0) is 0 Å². The summed E-state index contributed by atoms with van der Waals surface area (Å²) in [5.41, 5.74) is 1.80. The SMILES string of the molecule is CCCOc1cccc(C(=O)Nc2ccc(C(=O)NC3CCCCC3)cc2)c1. The third-order valence-corrected chi connectivity index (χ3v) is 4.91. The molecule has 0 bridgehead atoms. The molecule has 1 aliphatic rings. The Morgan fingerprint density at radius 3 is 2.43 bits per heavy atom. The lowest BCUT2D eigenvalue weighted by Crippen LogP contribution is -2.36. The third-order valence-electron chi connectivity index (χ3n) is 4.91. The first-order valence-electron chi connectivity index (χ1n) is 10.1. The number of carbonyl (C=O) groups is 2. The van der Waals surface area contributed by atoms with E-state index in [-0.39, 0.29) is 17.9 Å². The minimum Gasteiger partial charge on any atom is -0.494 e. The first-order valence-corrected chi connectivity index (χ1v) is 10.1. The number of rotatable bonds is 7. The van der Waals surface area contributed by atoms with Gasteiger partial charge in [-0.15, -0.1) is 0 Å². The Morgan fingerprint density at radius 2 is 1.71 bits per heavy atom. The van der Waals surface area contributed by atoms with Crippen molar-refractivity contribution in [3.05, 3.63) is 59.7 Å². The number of carbonyl (C=O) groups excluding carboxylic acids is 2. The standard InChI is InChI=1S/C23H28N2O3/c1-2-15-28-21-10-6-7-18(16-21)23(27)25-20-13-11-17(12-14-20)22(26)24-19-8-4-3-5-9-19/h6-7,10-14,16,19H,2-5,8-9,15H2,1H3,(H,24,26)(H,25,27). The molecule has 0 spiro atoms. The molecule has 5 heteroatoms. The Kier molecular flexibility index (Phi) is 7.06. The minimum atomic E-state index is -0.207. The monoisotopic (exact) mass is 380 g/mol. The summed E-state index contributed by atoms with van der Waals surface area (Å²) in [6.45, 7) is 2.66. The molecule has 2 aromatic carbocycles. The van der Waals surface area contributed by atoms with Crippen LogP contribution in [-0.4, -0.2) is 24.5 Å². The molecule has 0 heterocycles. The Hall–Kier alpha value is -2.82. The molecule has 1 saturated carbocycles. The number of ether oxygens (including phenoxy) is 1. The van der Waals surface area contributed by atoms with Crippen LogP contribution in [0, 0.1) is 0 Å². The van der Waals surface area contributed by atoms with Crippen LogP contribution in [0.1, 0.15) is 66.2 Å². The van der Waals surface area contributed by atoms with E-state index >= 15 is 0 Å². The van der Waals surface area contributed by atoms with E-state index < -0.39 is 0 Å². The highest BCUT2D eigenvalue weighted by Gasteiger charge is 2.16. The van der Waals surface area contributed by atoms with Gasteiger partial charge in [0, 0.05) is 22.9 Å². The summed E-state index contributed by atoms with van der Waals surface area (Å²) >= 11 is 0. The molecule has 1 aliphatic carbocycles. The van der Waals surface area contributed by atoms with Crippen molar-refractivity contribution >= 4 is 17.5 Å². The van der Waals surface area contributed by atoms with E-state index in [1.165, 1.54) is 19.3 Å². The summed E-state index contributed by atoms with van der Waals surface area (Å²) in [5.74, 6) is 0.427. The number of hydrogen-bond acceptors (Lipinski definition) is 3. The Morgan fingerprint density at radius 1 is 0.964 bits per heavy atom. The molecule has 2 amide bonds. The van der Waals surface area contributed by atoms with Crippen molar-refractivity contribution in [1.29, 1.82) is 0 Å². The smallest absolute Gasteiger partial charge is 0.255 e. The van der Waals surface area contributed by atoms with Crippen molar-refractivity contribution < 1.29 is 14.3 Å². The fourth-order valence-electron chi connectivity index (χ4n) is 3.37. The van der Waals surface area contributed by atoms with Gasteiger partial charge in [-0.25, -0.2) is 0 Å². The number of benzene rings is 2. The van der Waals surface area contributed by atoms with Gasteiger partial charge in [0.25, 0.3) is 11.8 Å². The highest BCUT2D eigenvalue weighted by atomic mass is 16.5. The molecular weight excluding hydrogens is 352 g/mol. The molecule has 3 rings (SSSR count). The van der Waals surface area contributed by atoms with Crippen LogP contribution in [0.3, 0.4) is 0 Å². The van der Waals surface area contributed by atoms with E-state index in [9.17, 15) is 9.59 Å². The largest absolute Gasteiger partial charge is 0.494 e. The molecular formula is C23H28N2O3. The average Bonchev–Trinajstić information content (AvgIpc) is 2.73. The first-order chi connectivity index (χ1) is 13.7.